The summed E-state index contributed by atoms with van der Waals surface area (Å²) in [6.07, 6.45) is 4.49. The molecule has 0 radical (unpaired) electrons. The fraction of sp³-hybridized carbons (Fsp3) is 0.0714. The van der Waals surface area contributed by atoms with E-state index in [1.165, 1.54) is 18.3 Å². The highest BCUT2D eigenvalue weighted by molar-refractivity contribution is 6.08. The normalized spacial score (nSPS) is 10.8. The van der Waals surface area contributed by atoms with Crippen LogP contribution < -0.4 is 0 Å². The number of nitrogens with one attached hydrogen (secondary N) is 2. The first-order valence-corrected chi connectivity index (χ1v) is 5.86. The number of nitrogens with zero attached hydrogens (tertiary/aromatic N) is 1. The Morgan fingerprint density at radius 3 is 2.70 bits per heavy atom. The van der Waals surface area contributed by atoms with Crippen LogP contribution in [0.3, 0.4) is 0 Å². The zero-order chi connectivity index (χ0) is 14.5. The van der Waals surface area contributed by atoms with Gasteiger partial charge in [0.15, 0.2) is 0 Å². The number of phenols is 1. The topological polar surface area (TPSA) is 110 Å². The molecule has 1 heterocycles. The molecule has 1 aromatic carbocycles. The van der Waals surface area contributed by atoms with Gasteiger partial charge < -0.3 is 20.6 Å². The number of H-pyrrole nitrogens is 1. The summed E-state index contributed by atoms with van der Waals surface area (Å²) >= 11 is 0. The average Bonchev–Trinajstić information content (AvgIpc) is 2.83. The van der Waals surface area contributed by atoms with E-state index in [1.807, 2.05) is 0 Å². The third-order valence-electron chi connectivity index (χ3n) is 2.58. The van der Waals surface area contributed by atoms with Crippen molar-refractivity contribution in [3.63, 3.8) is 0 Å². The van der Waals surface area contributed by atoms with Gasteiger partial charge in [-0.15, -0.1) is 0 Å². The van der Waals surface area contributed by atoms with Crippen LogP contribution in [0.5, 0.6) is 5.75 Å². The predicted molar refractivity (Wildman–Crippen MR) is 73.9 cm³/mol. The van der Waals surface area contributed by atoms with Crippen LogP contribution in [0.2, 0.25) is 0 Å². The highest BCUT2D eigenvalue weighted by Gasteiger charge is 2.03. The van der Waals surface area contributed by atoms with Gasteiger partial charge in [-0.25, -0.2) is 4.98 Å². The van der Waals surface area contributed by atoms with Crippen molar-refractivity contribution < 1.29 is 15.0 Å². The van der Waals surface area contributed by atoms with E-state index in [9.17, 15) is 4.79 Å². The standard InChI is InChI=1S/C14H13N3O3/c15-12(9-1-3-11(18)4-2-9)5-6-13-16-8-10(17-13)7-14(19)20/h1-6,8,15,18H,7H2,(H,16,17)(H,19,20)/b6-5-,15-12?. The number of phenolic OH excluding ortho intramolecular Hbond substituents is 1. The predicted octanol–water partition coefficient (Wildman–Crippen LogP) is 1.82. The molecule has 0 atom stereocenters. The van der Waals surface area contributed by atoms with Gasteiger partial charge in [0.25, 0.3) is 0 Å². The molecule has 0 saturated carbocycles. The molecule has 0 bridgehead atoms. The summed E-state index contributed by atoms with van der Waals surface area (Å²) in [6, 6.07) is 6.30. The van der Waals surface area contributed by atoms with Crippen molar-refractivity contribution >= 4 is 17.8 Å². The lowest BCUT2D eigenvalue weighted by Crippen LogP contribution is -1.99. The van der Waals surface area contributed by atoms with Crippen molar-refractivity contribution in [2.45, 2.75) is 6.42 Å². The van der Waals surface area contributed by atoms with Gasteiger partial charge in [0.05, 0.1) is 12.1 Å². The summed E-state index contributed by atoms with van der Waals surface area (Å²) in [4.78, 5) is 17.4. The largest absolute Gasteiger partial charge is 0.508 e. The minimum Gasteiger partial charge on any atom is -0.508 e. The van der Waals surface area contributed by atoms with Gasteiger partial charge in [-0.1, -0.05) is 0 Å². The van der Waals surface area contributed by atoms with Crippen molar-refractivity contribution in [2.24, 2.45) is 0 Å². The Bertz CT molecular complexity index is 657. The number of aliphatic carboxylic acids is 1. The van der Waals surface area contributed by atoms with E-state index in [2.05, 4.69) is 9.97 Å². The summed E-state index contributed by atoms with van der Waals surface area (Å²) in [6.45, 7) is 0. The number of imidazole rings is 1. The third-order valence-corrected chi connectivity index (χ3v) is 2.58. The molecule has 0 saturated heterocycles. The summed E-state index contributed by atoms with van der Waals surface area (Å²) in [7, 11) is 0. The van der Waals surface area contributed by atoms with Crippen LogP contribution in [-0.4, -0.2) is 31.9 Å². The van der Waals surface area contributed by atoms with Gasteiger partial charge in [-0.2, -0.15) is 0 Å². The van der Waals surface area contributed by atoms with E-state index in [0.29, 0.717) is 17.1 Å². The second-order valence-electron chi connectivity index (χ2n) is 4.16. The van der Waals surface area contributed by atoms with E-state index in [1.54, 1.807) is 24.3 Å². The minimum atomic E-state index is -0.930. The van der Waals surface area contributed by atoms with Crippen molar-refractivity contribution in [3.8, 4) is 5.75 Å². The molecule has 0 aliphatic carbocycles. The Kier molecular flexibility index (Phi) is 3.95. The number of aromatic hydroxyl groups is 1. The van der Waals surface area contributed by atoms with Gasteiger partial charge in [0.1, 0.15) is 11.6 Å². The molecule has 6 nitrogen and oxygen atoms in total. The average molecular weight is 271 g/mol. The Labute approximate surface area is 114 Å². The highest BCUT2D eigenvalue weighted by atomic mass is 16.4. The Hall–Kier alpha value is -2.89. The zero-order valence-electron chi connectivity index (χ0n) is 10.5. The van der Waals surface area contributed by atoms with E-state index in [4.69, 9.17) is 15.6 Å². The first-order chi connectivity index (χ1) is 9.54. The van der Waals surface area contributed by atoms with Crippen LogP contribution in [0.1, 0.15) is 17.1 Å². The highest BCUT2D eigenvalue weighted by Crippen LogP contribution is 2.11. The molecule has 2 rings (SSSR count). The molecule has 2 aromatic rings. The maximum absolute atomic E-state index is 10.5. The van der Waals surface area contributed by atoms with E-state index < -0.39 is 5.97 Å². The minimum absolute atomic E-state index is 0.115. The van der Waals surface area contributed by atoms with E-state index >= 15 is 0 Å². The fourth-order valence-corrected chi connectivity index (χ4v) is 1.61. The molecule has 1 aromatic heterocycles. The zero-order valence-corrected chi connectivity index (χ0v) is 10.5. The number of carboxylic acids is 1. The number of carbonyl (C=O) groups is 1. The molecule has 6 heteroatoms. The van der Waals surface area contributed by atoms with Crippen molar-refractivity contribution in [1.82, 2.24) is 9.97 Å². The third kappa shape index (κ3) is 3.55. The van der Waals surface area contributed by atoms with Gasteiger partial charge in [0, 0.05) is 11.9 Å². The Morgan fingerprint density at radius 1 is 1.35 bits per heavy atom. The fourth-order valence-electron chi connectivity index (χ4n) is 1.61. The van der Waals surface area contributed by atoms with Crippen molar-refractivity contribution in [3.05, 3.63) is 53.6 Å². The number of benzene rings is 1. The first-order valence-electron chi connectivity index (χ1n) is 5.86. The summed E-state index contributed by atoms with van der Waals surface area (Å²) in [5.74, 6) is -0.291. The van der Waals surface area contributed by atoms with Crippen LogP contribution in [-0.2, 0) is 11.2 Å². The smallest absolute Gasteiger partial charge is 0.309 e. The van der Waals surface area contributed by atoms with Crippen LogP contribution >= 0.6 is 0 Å². The number of aromatic nitrogens is 2. The Morgan fingerprint density at radius 2 is 2.05 bits per heavy atom. The monoisotopic (exact) mass is 271 g/mol. The second-order valence-corrected chi connectivity index (χ2v) is 4.16. The lowest BCUT2D eigenvalue weighted by atomic mass is 10.1. The van der Waals surface area contributed by atoms with Gasteiger partial charge >= 0.3 is 5.97 Å². The molecule has 4 N–H and O–H groups in total. The molecular formula is C14H13N3O3. The molecule has 102 valence electrons. The molecule has 20 heavy (non-hydrogen) atoms. The first kappa shape index (κ1) is 13.5. The maximum Gasteiger partial charge on any atom is 0.309 e. The number of hydrogen-bond acceptors (Lipinski definition) is 4. The number of hydrogen-bond donors (Lipinski definition) is 4. The summed E-state index contributed by atoms with van der Waals surface area (Å²) in [5.41, 5.74) is 1.44. The molecular weight excluding hydrogens is 258 g/mol. The van der Waals surface area contributed by atoms with Crippen LogP contribution in [0.25, 0.3) is 6.08 Å². The van der Waals surface area contributed by atoms with Crippen molar-refractivity contribution in [1.29, 1.82) is 5.41 Å². The SMILES string of the molecule is N=C(/C=C\c1ncc(CC(=O)O)[nH]1)c1ccc(O)cc1. The number of aromatic amines is 1. The second kappa shape index (κ2) is 5.83. The molecule has 0 spiro atoms. The number of allylic oxidation sites excluding steroid dienone is 1. The van der Waals surface area contributed by atoms with Crippen LogP contribution in [0.15, 0.2) is 36.5 Å². The lowest BCUT2D eigenvalue weighted by Gasteiger charge is -1.98. The molecule has 0 fully saturated rings. The van der Waals surface area contributed by atoms with E-state index in [-0.39, 0.29) is 17.9 Å². The van der Waals surface area contributed by atoms with E-state index in [0.717, 1.165) is 0 Å². The number of carboxylic acid groups (broad SMARTS) is 1. The van der Waals surface area contributed by atoms with Crippen LogP contribution in [0.4, 0.5) is 0 Å². The summed E-state index contributed by atoms with van der Waals surface area (Å²) < 4.78 is 0. The quantitative estimate of drug-likeness (QED) is 0.622. The lowest BCUT2D eigenvalue weighted by molar-refractivity contribution is -0.136. The molecule has 0 unspecified atom stereocenters. The maximum atomic E-state index is 10.5. The van der Waals surface area contributed by atoms with Gasteiger partial charge in [-0.05, 0) is 42.0 Å². The molecule has 0 aliphatic rings. The Balaban J connectivity index is 2.05. The molecule has 0 amide bonds. The van der Waals surface area contributed by atoms with Gasteiger partial charge in [0.2, 0.25) is 0 Å². The van der Waals surface area contributed by atoms with Crippen molar-refractivity contribution in [2.75, 3.05) is 0 Å². The molecule has 0 aliphatic heterocycles. The summed E-state index contributed by atoms with van der Waals surface area (Å²) in [5, 5.41) is 25.7. The van der Waals surface area contributed by atoms with Crippen LogP contribution in [0, 0.1) is 5.41 Å². The van der Waals surface area contributed by atoms with Gasteiger partial charge in [-0.3, -0.25) is 4.79 Å². The number of rotatable bonds is 5.